The van der Waals surface area contributed by atoms with Crippen LogP contribution in [0.5, 0.6) is 0 Å². The van der Waals surface area contributed by atoms with Gasteiger partial charge in [-0.05, 0) is 31.7 Å². The highest BCUT2D eigenvalue weighted by Gasteiger charge is 2.21. The van der Waals surface area contributed by atoms with Crippen molar-refractivity contribution in [2.75, 3.05) is 18.9 Å². The summed E-state index contributed by atoms with van der Waals surface area (Å²) < 4.78 is 0. The lowest BCUT2D eigenvalue weighted by atomic mass is 10.1. The van der Waals surface area contributed by atoms with Gasteiger partial charge in [-0.15, -0.1) is 11.8 Å². The molecule has 0 aliphatic carbocycles. The molecule has 1 atom stereocenters. The van der Waals surface area contributed by atoms with Gasteiger partial charge >= 0.3 is 0 Å². The number of aliphatic hydroxyl groups excluding tert-OH is 1. The average molecular weight is 294 g/mol. The molecule has 17 heavy (non-hydrogen) atoms. The summed E-state index contributed by atoms with van der Waals surface area (Å²) in [4.78, 5) is 1.05. The third-order valence-corrected chi connectivity index (χ3v) is 4.51. The van der Waals surface area contributed by atoms with Crippen molar-refractivity contribution < 1.29 is 5.11 Å². The molecule has 2 N–H and O–H groups in total. The molecule has 0 aliphatic rings. The number of rotatable bonds is 6. The Kier molecular flexibility index (Phi) is 6.10. The standard InChI is InChI=1S/C12H17Cl2NOS/c1-3-15-12(2,7-16)8-17-9-4-5-10(13)11(14)6-9/h4-6,15-16H,3,7-8H2,1-2H3. The molecule has 0 aliphatic heterocycles. The number of aliphatic hydroxyl groups is 1. The summed E-state index contributed by atoms with van der Waals surface area (Å²) in [5.74, 6) is 0.773. The summed E-state index contributed by atoms with van der Waals surface area (Å²) in [5, 5.41) is 13.8. The van der Waals surface area contributed by atoms with Gasteiger partial charge in [-0.25, -0.2) is 0 Å². The third-order valence-electron chi connectivity index (χ3n) is 2.40. The van der Waals surface area contributed by atoms with Crippen molar-refractivity contribution in [2.24, 2.45) is 0 Å². The van der Waals surface area contributed by atoms with Crippen molar-refractivity contribution in [1.82, 2.24) is 5.32 Å². The number of thioether (sulfide) groups is 1. The van der Waals surface area contributed by atoms with Gasteiger partial charge in [0.05, 0.1) is 16.7 Å². The smallest absolute Gasteiger partial charge is 0.0618 e. The van der Waals surface area contributed by atoms with Crippen LogP contribution in [-0.2, 0) is 0 Å². The zero-order valence-electron chi connectivity index (χ0n) is 9.96. The predicted octanol–water partition coefficient (Wildman–Crippen LogP) is 3.45. The summed E-state index contributed by atoms with van der Waals surface area (Å²) >= 11 is 13.5. The van der Waals surface area contributed by atoms with E-state index in [-0.39, 0.29) is 12.1 Å². The van der Waals surface area contributed by atoms with Crippen molar-refractivity contribution in [2.45, 2.75) is 24.3 Å². The molecule has 0 saturated carbocycles. The van der Waals surface area contributed by atoms with E-state index >= 15 is 0 Å². The first-order chi connectivity index (χ1) is 8.00. The van der Waals surface area contributed by atoms with E-state index in [0.29, 0.717) is 10.0 Å². The fraction of sp³-hybridized carbons (Fsp3) is 0.500. The maximum absolute atomic E-state index is 9.37. The summed E-state index contributed by atoms with van der Waals surface area (Å²) in [5.41, 5.74) is -0.272. The summed E-state index contributed by atoms with van der Waals surface area (Å²) in [6.07, 6.45) is 0. The van der Waals surface area contributed by atoms with E-state index in [1.165, 1.54) is 0 Å². The second kappa shape index (κ2) is 6.86. The van der Waals surface area contributed by atoms with Gasteiger partial charge in [-0.1, -0.05) is 30.1 Å². The Morgan fingerprint density at radius 2 is 2.06 bits per heavy atom. The Balaban J connectivity index is 2.62. The van der Waals surface area contributed by atoms with Gasteiger partial charge in [-0.2, -0.15) is 0 Å². The van der Waals surface area contributed by atoms with E-state index in [1.54, 1.807) is 17.8 Å². The number of likely N-dealkylation sites (N-methyl/N-ethyl adjacent to an activating group) is 1. The molecule has 0 heterocycles. The average Bonchev–Trinajstić information content (AvgIpc) is 2.31. The van der Waals surface area contributed by atoms with Gasteiger partial charge in [0.2, 0.25) is 0 Å². The van der Waals surface area contributed by atoms with Crippen LogP contribution < -0.4 is 5.32 Å². The van der Waals surface area contributed by atoms with Crippen LogP contribution in [0.2, 0.25) is 10.0 Å². The van der Waals surface area contributed by atoms with Crippen LogP contribution in [0, 0.1) is 0 Å². The third kappa shape index (κ3) is 4.68. The minimum absolute atomic E-state index is 0.106. The molecule has 0 amide bonds. The molecular formula is C12H17Cl2NOS. The number of benzene rings is 1. The Morgan fingerprint density at radius 1 is 1.35 bits per heavy atom. The van der Waals surface area contributed by atoms with Crippen LogP contribution in [0.3, 0.4) is 0 Å². The molecule has 0 saturated heterocycles. The second-order valence-electron chi connectivity index (χ2n) is 4.11. The Morgan fingerprint density at radius 3 is 2.59 bits per heavy atom. The lowest BCUT2D eigenvalue weighted by Gasteiger charge is -2.27. The normalized spacial score (nSPS) is 14.6. The van der Waals surface area contributed by atoms with E-state index in [2.05, 4.69) is 5.32 Å². The van der Waals surface area contributed by atoms with Gasteiger partial charge in [-0.3, -0.25) is 0 Å². The first-order valence-corrected chi connectivity index (χ1v) is 7.18. The van der Waals surface area contributed by atoms with Crippen molar-refractivity contribution in [1.29, 1.82) is 0 Å². The van der Waals surface area contributed by atoms with Gasteiger partial charge in [0.1, 0.15) is 0 Å². The highest BCUT2D eigenvalue weighted by Crippen LogP contribution is 2.29. The lowest BCUT2D eigenvalue weighted by molar-refractivity contribution is 0.194. The van der Waals surface area contributed by atoms with E-state index in [9.17, 15) is 5.11 Å². The highest BCUT2D eigenvalue weighted by atomic mass is 35.5. The maximum Gasteiger partial charge on any atom is 0.0618 e. The number of hydrogen-bond acceptors (Lipinski definition) is 3. The first kappa shape index (κ1) is 15.1. The molecule has 1 rings (SSSR count). The van der Waals surface area contributed by atoms with Crippen LogP contribution in [-0.4, -0.2) is 29.5 Å². The van der Waals surface area contributed by atoms with Gasteiger partial charge in [0, 0.05) is 16.2 Å². The molecule has 0 spiro atoms. The zero-order valence-corrected chi connectivity index (χ0v) is 12.3. The topological polar surface area (TPSA) is 32.3 Å². The summed E-state index contributed by atoms with van der Waals surface area (Å²) in [6.45, 7) is 4.97. The fourth-order valence-electron chi connectivity index (χ4n) is 1.39. The maximum atomic E-state index is 9.37. The van der Waals surface area contributed by atoms with Gasteiger partial charge in [0.15, 0.2) is 0 Å². The molecule has 0 radical (unpaired) electrons. The molecule has 0 aromatic heterocycles. The second-order valence-corrected chi connectivity index (χ2v) is 5.98. The van der Waals surface area contributed by atoms with Gasteiger partial charge in [0.25, 0.3) is 0 Å². The number of hydrogen-bond donors (Lipinski definition) is 2. The molecule has 0 bridgehead atoms. The van der Waals surface area contributed by atoms with Crippen molar-refractivity contribution in [3.63, 3.8) is 0 Å². The lowest BCUT2D eigenvalue weighted by Crippen LogP contribution is -2.47. The quantitative estimate of drug-likeness (QED) is 0.788. The molecule has 1 aromatic rings. The van der Waals surface area contributed by atoms with Crippen LogP contribution >= 0.6 is 35.0 Å². The molecule has 0 fully saturated rings. The van der Waals surface area contributed by atoms with Crippen molar-refractivity contribution in [3.05, 3.63) is 28.2 Å². The molecule has 2 nitrogen and oxygen atoms in total. The summed E-state index contributed by atoms with van der Waals surface area (Å²) in [6, 6.07) is 5.57. The van der Waals surface area contributed by atoms with Crippen LogP contribution in [0.15, 0.2) is 23.1 Å². The minimum atomic E-state index is -0.272. The Bertz CT molecular complexity index is 376. The van der Waals surface area contributed by atoms with E-state index in [0.717, 1.165) is 17.2 Å². The van der Waals surface area contributed by atoms with E-state index in [1.807, 2.05) is 26.0 Å². The van der Waals surface area contributed by atoms with Crippen LogP contribution in [0.25, 0.3) is 0 Å². The minimum Gasteiger partial charge on any atom is -0.394 e. The highest BCUT2D eigenvalue weighted by molar-refractivity contribution is 7.99. The van der Waals surface area contributed by atoms with Crippen LogP contribution in [0.4, 0.5) is 0 Å². The zero-order chi connectivity index (χ0) is 12.9. The van der Waals surface area contributed by atoms with Crippen molar-refractivity contribution in [3.8, 4) is 0 Å². The molecule has 96 valence electrons. The van der Waals surface area contributed by atoms with Crippen molar-refractivity contribution >= 4 is 35.0 Å². The van der Waals surface area contributed by atoms with E-state index in [4.69, 9.17) is 23.2 Å². The molecule has 1 unspecified atom stereocenters. The molecule has 5 heteroatoms. The molecular weight excluding hydrogens is 277 g/mol. The molecule has 1 aromatic carbocycles. The SMILES string of the molecule is CCNC(C)(CO)CSc1ccc(Cl)c(Cl)c1. The Hall–Kier alpha value is 0.0700. The van der Waals surface area contributed by atoms with Gasteiger partial charge < -0.3 is 10.4 Å². The predicted molar refractivity (Wildman–Crippen MR) is 76.4 cm³/mol. The first-order valence-electron chi connectivity index (χ1n) is 5.44. The largest absolute Gasteiger partial charge is 0.394 e. The summed E-state index contributed by atoms with van der Waals surface area (Å²) in [7, 11) is 0. The number of nitrogens with one attached hydrogen (secondary N) is 1. The Labute approximate surface area is 117 Å². The number of halogens is 2. The monoisotopic (exact) mass is 293 g/mol. The fourth-order valence-corrected chi connectivity index (χ4v) is 2.80. The van der Waals surface area contributed by atoms with E-state index < -0.39 is 0 Å². The van der Waals surface area contributed by atoms with Crippen LogP contribution in [0.1, 0.15) is 13.8 Å².